The Morgan fingerprint density at radius 1 is 0.885 bits per heavy atom. The first-order valence-electron chi connectivity index (χ1n) is 8.30. The Kier molecular flexibility index (Phi) is 9.35. The van der Waals surface area contributed by atoms with E-state index in [1.165, 1.54) is 16.7 Å². The van der Waals surface area contributed by atoms with Crippen molar-refractivity contribution in [1.82, 2.24) is 0 Å². The maximum Gasteiger partial charge on any atom is 0.336 e. The van der Waals surface area contributed by atoms with Gasteiger partial charge >= 0.3 is 17.9 Å². The molecule has 0 saturated heterocycles. The number of carbonyl (C=O) groups is 3. The molecule has 1 rings (SSSR count). The number of aliphatic hydroxyl groups is 1. The van der Waals surface area contributed by atoms with Crippen molar-refractivity contribution in [2.45, 2.75) is 58.5 Å². The molecule has 0 spiro atoms. The highest BCUT2D eigenvalue weighted by Crippen LogP contribution is 2.23. The molecular weight excluding hydrogens is 342 g/mol. The van der Waals surface area contributed by atoms with Gasteiger partial charge in [0.05, 0.1) is 12.8 Å². The molecule has 0 atom stereocenters. The summed E-state index contributed by atoms with van der Waals surface area (Å²) >= 11 is 0. The quantitative estimate of drug-likeness (QED) is 0.433. The second-order valence-electron chi connectivity index (χ2n) is 5.81. The molecule has 0 aliphatic rings. The number of aliphatic carboxylic acids is 3. The molecule has 1 aromatic carbocycles. The van der Waals surface area contributed by atoms with Gasteiger partial charge in [0.2, 0.25) is 0 Å². The largest absolute Gasteiger partial charge is 0.481 e. The van der Waals surface area contributed by atoms with Gasteiger partial charge in [0.15, 0.2) is 5.60 Å². The fraction of sp³-hybridized carbons (Fsp3) is 0.500. The summed E-state index contributed by atoms with van der Waals surface area (Å²) in [5.41, 5.74) is 8.41. The second-order valence-corrected chi connectivity index (χ2v) is 5.81. The highest BCUT2D eigenvalue weighted by atomic mass is 16.4. The molecule has 0 bridgehead atoms. The highest BCUT2D eigenvalue weighted by molar-refractivity contribution is 5.88. The summed E-state index contributed by atoms with van der Waals surface area (Å²) in [7, 11) is 0. The zero-order chi connectivity index (χ0) is 20.5. The van der Waals surface area contributed by atoms with E-state index in [9.17, 15) is 14.4 Å². The first-order valence-corrected chi connectivity index (χ1v) is 8.30. The Hall–Kier alpha value is -2.61. The molecule has 0 aliphatic carbocycles. The molecule has 6 N–H and O–H groups in total. The summed E-state index contributed by atoms with van der Waals surface area (Å²) < 4.78 is 0. The van der Waals surface area contributed by atoms with Crippen molar-refractivity contribution >= 4 is 23.6 Å². The Balaban J connectivity index is 0.000000481. The minimum atomic E-state index is -2.74. The number of hydrogen-bond acceptors (Lipinski definition) is 5. The van der Waals surface area contributed by atoms with Crippen LogP contribution < -0.4 is 5.73 Å². The van der Waals surface area contributed by atoms with Gasteiger partial charge in [0.1, 0.15) is 0 Å². The Bertz CT molecular complexity index is 639. The molecule has 8 heteroatoms. The van der Waals surface area contributed by atoms with Crippen molar-refractivity contribution < 1.29 is 34.8 Å². The van der Waals surface area contributed by atoms with E-state index in [0.717, 1.165) is 24.9 Å². The molecule has 0 aromatic heterocycles. The van der Waals surface area contributed by atoms with E-state index in [2.05, 4.69) is 26.8 Å². The molecule has 0 aliphatic heterocycles. The molecule has 1 aromatic rings. The van der Waals surface area contributed by atoms with E-state index < -0.39 is 36.4 Å². The van der Waals surface area contributed by atoms with Crippen LogP contribution in [0.3, 0.4) is 0 Å². The Morgan fingerprint density at radius 3 is 1.65 bits per heavy atom. The predicted molar refractivity (Wildman–Crippen MR) is 96.1 cm³/mol. The topological polar surface area (TPSA) is 158 Å². The SMILES string of the molecule is CCc1ccc(N)c(CC)c1CC.O=C(O)CC(O)(CC(=O)O)C(=O)O. The third-order valence-corrected chi connectivity index (χ3v) is 3.94. The molecule has 0 amide bonds. The van der Waals surface area contributed by atoms with Gasteiger partial charge in [-0.3, -0.25) is 9.59 Å². The summed E-state index contributed by atoms with van der Waals surface area (Å²) in [4.78, 5) is 30.5. The molecule has 0 fully saturated rings. The molecule has 26 heavy (non-hydrogen) atoms. The van der Waals surface area contributed by atoms with Crippen LogP contribution in [-0.2, 0) is 33.6 Å². The third kappa shape index (κ3) is 6.72. The standard InChI is InChI=1S/C12H19N.C6H8O7/c1-4-9-7-8-12(13)11(6-3)10(9)5-2;7-3(8)1-6(13,5(11)12)2-4(9)10/h7-8H,4-6,13H2,1-3H3;13H,1-2H2,(H,7,8)(H,9,10)(H,11,12). The maximum absolute atomic E-state index is 10.3. The van der Waals surface area contributed by atoms with E-state index >= 15 is 0 Å². The lowest BCUT2D eigenvalue weighted by Gasteiger charge is -2.18. The lowest BCUT2D eigenvalue weighted by Crippen LogP contribution is -2.42. The zero-order valence-electron chi connectivity index (χ0n) is 15.3. The van der Waals surface area contributed by atoms with E-state index in [-0.39, 0.29) is 0 Å². The summed E-state index contributed by atoms with van der Waals surface area (Å²) in [5, 5.41) is 33.8. The van der Waals surface area contributed by atoms with Gasteiger partial charge in [-0.25, -0.2) is 4.79 Å². The van der Waals surface area contributed by atoms with Crippen LogP contribution in [0.4, 0.5) is 5.69 Å². The molecule has 146 valence electrons. The van der Waals surface area contributed by atoms with E-state index in [1.54, 1.807) is 0 Å². The van der Waals surface area contributed by atoms with Crippen molar-refractivity contribution in [3.05, 3.63) is 28.8 Å². The number of carboxylic acid groups (broad SMARTS) is 3. The normalized spacial score (nSPS) is 10.6. The lowest BCUT2D eigenvalue weighted by molar-refractivity contribution is -0.170. The molecular formula is C18H27NO7. The average Bonchev–Trinajstić information content (AvgIpc) is 2.53. The fourth-order valence-corrected chi connectivity index (χ4v) is 2.66. The number of anilines is 1. The predicted octanol–water partition coefficient (Wildman–Crippen LogP) is 1.71. The van der Waals surface area contributed by atoms with Gasteiger partial charge in [-0.15, -0.1) is 0 Å². The first-order chi connectivity index (χ1) is 12.0. The van der Waals surface area contributed by atoms with Crippen LogP contribution in [0, 0.1) is 0 Å². The molecule has 0 saturated carbocycles. The van der Waals surface area contributed by atoms with Crippen molar-refractivity contribution in [2.24, 2.45) is 0 Å². The van der Waals surface area contributed by atoms with Crippen molar-refractivity contribution in [2.75, 3.05) is 5.73 Å². The summed E-state index contributed by atoms with van der Waals surface area (Å²) in [6.45, 7) is 6.57. The van der Waals surface area contributed by atoms with Gasteiger partial charge in [-0.05, 0) is 42.0 Å². The fourth-order valence-electron chi connectivity index (χ4n) is 2.66. The van der Waals surface area contributed by atoms with Crippen LogP contribution in [0.2, 0.25) is 0 Å². The number of hydrogen-bond donors (Lipinski definition) is 5. The maximum atomic E-state index is 10.3. The summed E-state index contributed by atoms with van der Waals surface area (Å²) in [6, 6.07) is 4.20. The van der Waals surface area contributed by atoms with E-state index in [0.29, 0.717) is 0 Å². The van der Waals surface area contributed by atoms with Crippen LogP contribution in [0.5, 0.6) is 0 Å². The minimum Gasteiger partial charge on any atom is -0.481 e. The van der Waals surface area contributed by atoms with Gasteiger partial charge in [-0.2, -0.15) is 0 Å². The van der Waals surface area contributed by atoms with E-state index in [1.807, 2.05) is 6.07 Å². The first kappa shape index (κ1) is 23.4. The van der Waals surface area contributed by atoms with Gasteiger partial charge in [0.25, 0.3) is 0 Å². The monoisotopic (exact) mass is 369 g/mol. The minimum absolute atomic E-state index is 0.955. The number of nitrogens with two attached hydrogens (primary N) is 1. The van der Waals surface area contributed by atoms with Crippen LogP contribution >= 0.6 is 0 Å². The van der Waals surface area contributed by atoms with Crippen LogP contribution in [0.15, 0.2) is 12.1 Å². The summed E-state index contributed by atoms with van der Waals surface area (Å²) in [5.74, 6) is -5.02. The van der Waals surface area contributed by atoms with Crippen molar-refractivity contribution in [3.8, 4) is 0 Å². The average molecular weight is 369 g/mol. The molecule has 0 heterocycles. The Morgan fingerprint density at radius 2 is 1.35 bits per heavy atom. The van der Waals surface area contributed by atoms with Gasteiger partial charge in [0, 0.05) is 5.69 Å². The van der Waals surface area contributed by atoms with Crippen molar-refractivity contribution in [3.63, 3.8) is 0 Å². The second kappa shape index (κ2) is 10.4. The third-order valence-electron chi connectivity index (χ3n) is 3.94. The van der Waals surface area contributed by atoms with E-state index in [4.69, 9.17) is 26.2 Å². The number of carboxylic acids is 3. The molecule has 0 unspecified atom stereocenters. The molecule has 8 nitrogen and oxygen atoms in total. The number of benzene rings is 1. The summed E-state index contributed by atoms with van der Waals surface area (Å²) in [6.07, 6.45) is 0.958. The highest BCUT2D eigenvalue weighted by Gasteiger charge is 2.40. The Labute approximate surface area is 152 Å². The van der Waals surface area contributed by atoms with Gasteiger partial charge < -0.3 is 26.2 Å². The van der Waals surface area contributed by atoms with Crippen molar-refractivity contribution in [1.29, 1.82) is 0 Å². The number of nitrogen functional groups attached to an aromatic ring is 1. The number of rotatable bonds is 8. The van der Waals surface area contributed by atoms with Crippen LogP contribution in [-0.4, -0.2) is 43.9 Å². The number of aryl methyl sites for hydroxylation is 1. The van der Waals surface area contributed by atoms with Crippen LogP contribution in [0.1, 0.15) is 50.3 Å². The lowest BCUT2D eigenvalue weighted by atomic mass is 9.94. The smallest absolute Gasteiger partial charge is 0.336 e. The zero-order valence-corrected chi connectivity index (χ0v) is 15.3. The molecule has 0 radical (unpaired) electrons. The van der Waals surface area contributed by atoms with Gasteiger partial charge in [-0.1, -0.05) is 26.8 Å². The van der Waals surface area contributed by atoms with Crippen LogP contribution in [0.25, 0.3) is 0 Å².